The Morgan fingerprint density at radius 3 is 1.38 bits per heavy atom. The summed E-state index contributed by atoms with van der Waals surface area (Å²) in [5, 5.41) is 17.6. The second-order valence-corrected chi connectivity index (χ2v) is 6.08. The standard InChI is InChI=1S/C12H15F7O4.Ag/c1-9(2,3)5(7(20)21)4-6(8(22)23)10(13,14)11(15,16)12(17,18)19;/h5-6H,4H2,1-3H3,(H,20,21)(H,22,23);. The molecule has 0 aliphatic carbocycles. The van der Waals surface area contributed by atoms with Crippen molar-refractivity contribution in [3.8, 4) is 0 Å². The number of hydrogen-bond donors (Lipinski definition) is 2. The normalized spacial score (nSPS) is 16.1. The maximum Gasteiger partial charge on any atom is 0.459 e. The zero-order valence-corrected chi connectivity index (χ0v) is 14.0. The Morgan fingerprint density at radius 1 is 0.833 bits per heavy atom. The van der Waals surface area contributed by atoms with Crippen molar-refractivity contribution in [3.63, 3.8) is 0 Å². The minimum Gasteiger partial charge on any atom is -0.481 e. The molecule has 24 heavy (non-hydrogen) atoms. The first-order valence-electron chi connectivity index (χ1n) is 6.15. The van der Waals surface area contributed by atoms with Crippen molar-refractivity contribution in [2.24, 2.45) is 17.3 Å². The summed E-state index contributed by atoms with van der Waals surface area (Å²) in [5.41, 5.74) is -1.34. The van der Waals surface area contributed by atoms with Gasteiger partial charge in [0.15, 0.2) is 0 Å². The van der Waals surface area contributed by atoms with Crippen molar-refractivity contribution in [1.82, 2.24) is 0 Å². The van der Waals surface area contributed by atoms with E-state index in [1.807, 2.05) is 0 Å². The Hall–Kier alpha value is -0.810. The quantitative estimate of drug-likeness (QED) is 0.465. The minimum absolute atomic E-state index is 0. The van der Waals surface area contributed by atoms with Crippen LogP contribution in [0.5, 0.6) is 0 Å². The van der Waals surface area contributed by atoms with E-state index in [9.17, 15) is 40.3 Å². The number of alkyl halides is 7. The molecule has 147 valence electrons. The second kappa shape index (κ2) is 7.61. The van der Waals surface area contributed by atoms with Crippen LogP contribution in [0.3, 0.4) is 0 Å². The first kappa shape index (κ1) is 25.4. The van der Waals surface area contributed by atoms with Crippen LogP contribution in [0, 0.1) is 17.3 Å². The molecule has 0 aliphatic rings. The number of rotatable bonds is 6. The average Bonchev–Trinajstić information content (AvgIpc) is 2.23. The van der Waals surface area contributed by atoms with Gasteiger partial charge in [-0.15, -0.1) is 0 Å². The summed E-state index contributed by atoms with van der Waals surface area (Å²) >= 11 is 0. The molecule has 12 heteroatoms. The van der Waals surface area contributed by atoms with E-state index in [0.717, 1.165) is 0 Å². The van der Waals surface area contributed by atoms with E-state index in [2.05, 4.69) is 0 Å². The third-order valence-electron chi connectivity index (χ3n) is 3.33. The van der Waals surface area contributed by atoms with Crippen molar-refractivity contribution in [2.75, 3.05) is 0 Å². The molecule has 2 atom stereocenters. The molecule has 2 N–H and O–H groups in total. The number of carboxylic acids is 2. The Balaban J connectivity index is 0. The predicted octanol–water partition coefficient (Wildman–Crippen LogP) is 3.65. The zero-order chi connectivity index (χ0) is 19.0. The van der Waals surface area contributed by atoms with Gasteiger partial charge in [0.05, 0.1) is 5.92 Å². The van der Waals surface area contributed by atoms with Gasteiger partial charge < -0.3 is 10.2 Å². The van der Waals surface area contributed by atoms with Crippen LogP contribution in [0.25, 0.3) is 0 Å². The van der Waals surface area contributed by atoms with Gasteiger partial charge in [-0.3, -0.25) is 9.59 Å². The maximum atomic E-state index is 13.6. The summed E-state index contributed by atoms with van der Waals surface area (Å²) in [4.78, 5) is 21.9. The van der Waals surface area contributed by atoms with Crippen molar-refractivity contribution < 1.29 is 72.9 Å². The number of halogens is 7. The van der Waals surface area contributed by atoms with Crippen molar-refractivity contribution in [3.05, 3.63) is 0 Å². The SMILES string of the molecule is CC(C)(C)C(CC(C(=O)O)C(F)(F)C(F)(F)C(F)(F)F)C(=O)O.[Ag]. The summed E-state index contributed by atoms with van der Waals surface area (Å²) in [6.45, 7) is 3.60. The predicted molar refractivity (Wildman–Crippen MR) is 62.3 cm³/mol. The molecular formula is C12H15AgF7O4. The van der Waals surface area contributed by atoms with Crippen LogP contribution in [0.1, 0.15) is 27.2 Å². The van der Waals surface area contributed by atoms with Gasteiger partial charge in [-0.25, -0.2) is 0 Å². The number of hydrogen-bond acceptors (Lipinski definition) is 2. The summed E-state index contributed by atoms with van der Waals surface area (Å²) < 4.78 is 89.6. The second-order valence-electron chi connectivity index (χ2n) is 6.08. The van der Waals surface area contributed by atoms with Crippen LogP contribution in [-0.4, -0.2) is 40.2 Å². The van der Waals surface area contributed by atoms with E-state index in [0.29, 0.717) is 0 Å². The van der Waals surface area contributed by atoms with E-state index in [4.69, 9.17) is 10.2 Å². The van der Waals surface area contributed by atoms with E-state index < -0.39 is 53.6 Å². The molecule has 0 aromatic rings. The first-order valence-corrected chi connectivity index (χ1v) is 6.15. The molecule has 0 aromatic heterocycles. The maximum absolute atomic E-state index is 13.6. The fraction of sp³-hybridized carbons (Fsp3) is 0.833. The van der Waals surface area contributed by atoms with Crippen LogP contribution in [0.15, 0.2) is 0 Å². The molecular weight excluding hydrogens is 449 g/mol. The fourth-order valence-electron chi connectivity index (χ4n) is 1.87. The van der Waals surface area contributed by atoms with Gasteiger partial charge in [0.25, 0.3) is 0 Å². The third kappa shape index (κ3) is 5.09. The van der Waals surface area contributed by atoms with Crippen LogP contribution >= 0.6 is 0 Å². The smallest absolute Gasteiger partial charge is 0.459 e. The van der Waals surface area contributed by atoms with Gasteiger partial charge in [-0.05, 0) is 11.8 Å². The Labute approximate surface area is 147 Å². The molecule has 0 fully saturated rings. The number of carboxylic acid groups (broad SMARTS) is 2. The van der Waals surface area contributed by atoms with Gasteiger partial charge in [0.2, 0.25) is 0 Å². The fourth-order valence-corrected chi connectivity index (χ4v) is 1.87. The number of carbonyl (C=O) groups is 2. The van der Waals surface area contributed by atoms with Gasteiger partial charge in [-0.2, -0.15) is 30.7 Å². The van der Waals surface area contributed by atoms with Gasteiger partial charge in [0, 0.05) is 22.4 Å². The molecule has 2 unspecified atom stereocenters. The number of aliphatic carboxylic acids is 2. The molecule has 0 saturated carbocycles. The Kier molecular flexibility index (Phi) is 8.06. The summed E-state index contributed by atoms with van der Waals surface area (Å²) in [6.07, 6.45) is -8.28. The monoisotopic (exact) mass is 463 g/mol. The van der Waals surface area contributed by atoms with Crippen LogP contribution in [-0.2, 0) is 32.0 Å². The third-order valence-corrected chi connectivity index (χ3v) is 3.33. The summed E-state index contributed by atoms with van der Waals surface area (Å²) in [7, 11) is 0. The van der Waals surface area contributed by atoms with Gasteiger partial charge in [-0.1, -0.05) is 20.8 Å². The molecule has 1 radical (unpaired) electrons. The molecule has 0 aliphatic heterocycles. The van der Waals surface area contributed by atoms with E-state index in [1.165, 1.54) is 20.8 Å². The molecule has 0 heterocycles. The van der Waals surface area contributed by atoms with E-state index >= 15 is 0 Å². The molecule has 4 nitrogen and oxygen atoms in total. The van der Waals surface area contributed by atoms with Gasteiger partial charge in [0.1, 0.15) is 5.92 Å². The molecule has 0 saturated heterocycles. The Bertz CT molecular complexity index is 471. The van der Waals surface area contributed by atoms with E-state index in [-0.39, 0.29) is 22.4 Å². The van der Waals surface area contributed by atoms with Crippen LogP contribution < -0.4 is 0 Å². The van der Waals surface area contributed by atoms with Crippen molar-refractivity contribution >= 4 is 11.9 Å². The van der Waals surface area contributed by atoms with Crippen LogP contribution in [0.4, 0.5) is 30.7 Å². The largest absolute Gasteiger partial charge is 0.481 e. The molecule has 0 aromatic carbocycles. The minimum atomic E-state index is -6.69. The molecule has 0 spiro atoms. The summed E-state index contributed by atoms with van der Waals surface area (Å²) in [6, 6.07) is 0. The summed E-state index contributed by atoms with van der Waals surface area (Å²) in [5.74, 6) is -22.5. The first-order chi connectivity index (χ1) is 9.87. The zero-order valence-electron chi connectivity index (χ0n) is 12.5. The molecule has 0 rings (SSSR count). The topological polar surface area (TPSA) is 74.6 Å². The van der Waals surface area contributed by atoms with Crippen molar-refractivity contribution in [1.29, 1.82) is 0 Å². The average molecular weight is 464 g/mol. The molecule has 0 amide bonds. The van der Waals surface area contributed by atoms with E-state index in [1.54, 1.807) is 0 Å². The van der Waals surface area contributed by atoms with Crippen molar-refractivity contribution in [2.45, 2.75) is 45.2 Å². The Morgan fingerprint density at radius 2 is 1.17 bits per heavy atom. The van der Waals surface area contributed by atoms with Gasteiger partial charge >= 0.3 is 30.0 Å². The molecule has 0 bridgehead atoms. The van der Waals surface area contributed by atoms with Crippen LogP contribution in [0.2, 0.25) is 0 Å².